The van der Waals surface area contributed by atoms with E-state index in [0.717, 1.165) is 25.1 Å². The predicted molar refractivity (Wildman–Crippen MR) is 98.7 cm³/mol. The van der Waals surface area contributed by atoms with Gasteiger partial charge >= 0.3 is 0 Å². The highest BCUT2D eigenvalue weighted by molar-refractivity contribution is 5.78. The molecule has 0 aromatic heterocycles. The van der Waals surface area contributed by atoms with Gasteiger partial charge in [0.1, 0.15) is 6.61 Å². The molecule has 2 amide bonds. The molecule has 2 rings (SSSR count). The molecule has 1 fully saturated rings. The average Bonchev–Trinajstić information content (AvgIpc) is 2.86. The second-order valence-corrected chi connectivity index (χ2v) is 6.61. The summed E-state index contributed by atoms with van der Waals surface area (Å²) in [4.78, 5) is 30.1. The van der Waals surface area contributed by atoms with Gasteiger partial charge in [-0.3, -0.25) is 9.59 Å². The fourth-order valence-electron chi connectivity index (χ4n) is 3.00. The SMILES string of the molecule is COCC(=O)N1CCCN(C(=O)CCc2ccc(N(C)C)cc2)CC1. The maximum absolute atomic E-state index is 12.5. The number of anilines is 1. The van der Waals surface area contributed by atoms with Crippen molar-refractivity contribution in [1.29, 1.82) is 0 Å². The first-order valence-electron chi connectivity index (χ1n) is 8.82. The van der Waals surface area contributed by atoms with Crippen molar-refractivity contribution in [1.82, 2.24) is 9.80 Å². The standard InChI is InChI=1S/C19H29N3O3/c1-20(2)17-8-5-16(6-9-17)7-10-18(23)21-11-4-12-22(14-13-21)19(24)15-25-3/h5-6,8-9H,4,7,10-15H2,1-3H3. The van der Waals surface area contributed by atoms with E-state index in [4.69, 9.17) is 4.74 Å². The molecule has 0 bridgehead atoms. The summed E-state index contributed by atoms with van der Waals surface area (Å²) in [5.74, 6) is 0.163. The summed E-state index contributed by atoms with van der Waals surface area (Å²) in [6.45, 7) is 2.71. The summed E-state index contributed by atoms with van der Waals surface area (Å²) >= 11 is 0. The van der Waals surface area contributed by atoms with Crippen molar-refractivity contribution in [2.24, 2.45) is 0 Å². The van der Waals surface area contributed by atoms with Crippen LogP contribution in [0.2, 0.25) is 0 Å². The predicted octanol–water partition coefficient (Wildman–Crippen LogP) is 1.39. The monoisotopic (exact) mass is 347 g/mol. The van der Waals surface area contributed by atoms with Crippen molar-refractivity contribution in [3.8, 4) is 0 Å². The maximum Gasteiger partial charge on any atom is 0.248 e. The van der Waals surface area contributed by atoms with E-state index in [1.165, 1.54) is 12.7 Å². The van der Waals surface area contributed by atoms with Gasteiger partial charge in [0.15, 0.2) is 0 Å². The zero-order valence-electron chi connectivity index (χ0n) is 15.5. The summed E-state index contributed by atoms with van der Waals surface area (Å²) in [5, 5.41) is 0. The minimum atomic E-state index is -0.00205. The van der Waals surface area contributed by atoms with Gasteiger partial charge in [0.2, 0.25) is 11.8 Å². The van der Waals surface area contributed by atoms with Crippen LogP contribution in [0, 0.1) is 0 Å². The molecule has 0 radical (unpaired) electrons. The molecule has 6 nitrogen and oxygen atoms in total. The van der Waals surface area contributed by atoms with E-state index in [-0.39, 0.29) is 18.4 Å². The largest absolute Gasteiger partial charge is 0.378 e. The minimum absolute atomic E-state index is 0.00205. The Morgan fingerprint density at radius 1 is 1.00 bits per heavy atom. The van der Waals surface area contributed by atoms with Gasteiger partial charge in [-0.15, -0.1) is 0 Å². The molecule has 0 atom stereocenters. The molecule has 1 aliphatic heterocycles. The van der Waals surface area contributed by atoms with Crippen molar-refractivity contribution in [3.63, 3.8) is 0 Å². The van der Waals surface area contributed by atoms with Crippen molar-refractivity contribution in [2.75, 3.05) is 58.9 Å². The lowest BCUT2D eigenvalue weighted by atomic mass is 10.1. The van der Waals surface area contributed by atoms with Gasteiger partial charge in [0.25, 0.3) is 0 Å². The van der Waals surface area contributed by atoms with Crippen LogP contribution in [0.3, 0.4) is 0 Å². The van der Waals surface area contributed by atoms with Gasteiger partial charge in [-0.1, -0.05) is 12.1 Å². The molecule has 1 heterocycles. The van der Waals surface area contributed by atoms with E-state index in [1.807, 2.05) is 19.0 Å². The molecular formula is C19H29N3O3. The molecule has 1 aliphatic rings. The molecule has 0 aliphatic carbocycles. The number of rotatable bonds is 6. The number of amides is 2. The van der Waals surface area contributed by atoms with Crippen LogP contribution in [-0.2, 0) is 20.7 Å². The minimum Gasteiger partial charge on any atom is -0.378 e. The molecule has 0 unspecified atom stereocenters. The maximum atomic E-state index is 12.5. The van der Waals surface area contributed by atoms with E-state index in [1.54, 1.807) is 4.90 Å². The number of methoxy groups -OCH3 is 1. The second kappa shape index (κ2) is 9.42. The fourth-order valence-corrected chi connectivity index (χ4v) is 3.00. The average molecular weight is 347 g/mol. The molecule has 1 aromatic carbocycles. The van der Waals surface area contributed by atoms with Gasteiger partial charge < -0.3 is 19.4 Å². The molecule has 0 saturated carbocycles. The molecule has 1 aromatic rings. The van der Waals surface area contributed by atoms with Crippen LogP contribution in [-0.4, -0.2) is 75.6 Å². The lowest BCUT2D eigenvalue weighted by Gasteiger charge is -2.22. The second-order valence-electron chi connectivity index (χ2n) is 6.61. The topological polar surface area (TPSA) is 53.1 Å². The van der Waals surface area contributed by atoms with Crippen LogP contribution in [0.1, 0.15) is 18.4 Å². The number of hydrogen-bond acceptors (Lipinski definition) is 4. The summed E-state index contributed by atoms with van der Waals surface area (Å²) < 4.78 is 4.91. The lowest BCUT2D eigenvalue weighted by molar-refractivity contribution is -0.136. The Labute approximate surface area is 150 Å². The number of nitrogens with zero attached hydrogens (tertiary/aromatic N) is 3. The van der Waals surface area contributed by atoms with Crippen molar-refractivity contribution in [3.05, 3.63) is 29.8 Å². The number of aryl methyl sites for hydroxylation is 1. The van der Waals surface area contributed by atoms with E-state index in [2.05, 4.69) is 29.2 Å². The number of carbonyl (C=O) groups is 2. The first kappa shape index (κ1) is 19.2. The van der Waals surface area contributed by atoms with E-state index >= 15 is 0 Å². The first-order chi connectivity index (χ1) is 12.0. The summed E-state index contributed by atoms with van der Waals surface area (Å²) in [6.07, 6.45) is 2.07. The Kier molecular flexibility index (Phi) is 7.25. The highest BCUT2D eigenvalue weighted by Crippen LogP contribution is 2.14. The van der Waals surface area contributed by atoms with E-state index in [0.29, 0.717) is 26.1 Å². The third-order valence-corrected chi connectivity index (χ3v) is 4.55. The Bertz CT molecular complexity index is 572. The third kappa shape index (κ3) is 5.74. The third-order valence-electron chi connectivity index (χ3n) is 4.55. The zero-order valence-corrected chi connectivity index (χ0v) is 15.5. The number of ether oxygens (including phenoxy) is 1. The van der Waals surface area contributed by atoms with Crippen LogP contribution in [0.4, 0.5) is 5.69 Å². The number of hydrogen-bond donors (Lipinski definition) is 0. The molecule has 1 saturated heterocycles. The van der Waals surface area contributed by atoms with Crippen LogP contribution in [0.5, 0.6) is 0 Å². The Hall–Kier alpha value is -2.08. The first-order valence-corrected chi connectivity index (χ1v) is 8.82. The summed E-state index contributed by atoms with van der Waals surface area (Å²) in [5.41, 5.74) is 2.33. The van der Waals surface area contributed by atoms with Gasteiger partial charge in [0.05, 0.1) is 0 Å². The van der Waals surface area contributed by atoms with Crippen molar-refractivity contribution < 1.29 is 14.3 Å². The Morgan fingerprint density at radius 2 is 1.60 bits per heavy atom. The fraction of sp³-hybridized carbons (Fsp3) is 0.579. The molecular weight excluding hydrogens is 318 g/mol. The smallest absolute Gasteiger partial charge is 0.248 e. The zero-order chi connectivity index (χ0) is 18.2. The van der Waals surface area contributed by atoms with Crippen molar-refractivity contribution in [2.45, 2.75) is 19.3 Å². The molecule has 25 heavy (non-hydrogen) atoms. The number of carbonyl (C=O) groups excluding carboxylic acids is 2. The van der Waals surface area contributed by atoms with E-state index in [9.17, 15) is 9.59 Å². The van der Waals surface area contributed by atoms with Crippen LogP contribution < -0.4 is 4.90 Å². The highest BCUT2D eigenvalue weighted by atomic mass is 16.5. The van der Waals surface area contributed by atoms with E-state index < -0.39 is 0 Å². The highest BCUT2D eigenvalue weighted by Gasteiger charge is 2.21. The molecule has 138 valence electrons. The van der Waals surface area contributed by atoms with Gasteiger partial charge in [-0.05, 0) is 30.5 Å². The summed E-state index contributed by atoms with van der Waals surface area (Å²) in [7, 11) is 5.55. The Balaban J connectivity index is 1.81. The summed E-state index contributed by atoms with van der Waals surface area (Å²) in [6, 6.07) is 8.31. The van der Waals surface area contributed by atoms with Gasteiger partial charge in [-0.2, -0.15) is 0 Å². The Morgan fingerprint density at radius 3 is 2.16 bits per heavy atom. The number of benzene rings is 1. The normalized spacial score (nSPS) is 15.0. The van der Waals surface area contributed by atoms with Crippen LogP contribution in [0.25, 0.3) is 0 Å². The van der Waals surface area contributed by atoms with Crippen LogP contribution in [0.15, 0.2) is 24.3 Å². The van der Waals surface area contributed by atoms with Crippen molar-refractivity contribution >= 4 is 17.5 Å². The van der Waals surface area contributed by atoms with Gasteiger partial charge in [0, 0.05) is 59.5 Å². The molecule has 6 heteroatoms. The molecule has 0 N–H and O–H groups in total. The lowest BCUT2D eigenvalue weighted by Crippen LogP contribution is -2.38. The quantitative estimate of drug-likeness (QED) is 0.780. The molecule has 0 spiro atoms. The van der Waals surface area contributed by atoms with Gasteiger partial charge in [-0.25, -0.2) is 0 Å². The van der Waals surface area contributed by atoms with Crippen LogP contribution >= 0.6 is 0 Å².